The van der Waals surface area contributed by atoms with Crippen LogP contribution in [0.4, 0.5) is 5.69 Å². The number of nitro benzene ring substituents is 1. The lowest BCUT2D eigenvalue weighted by Gasteiger charge is -2.11. The lowest BCUT2D eigenvalue weighted by molar-refractivity contribution is -0.385. The van der Waals surface area contributed by atoms with Gasteiger partial charge in [0.25, 0.3) is 5.69 Å². The van der Waals surface area contributed by atoms with E-state index in [4.69, 9.17) is 4.74 Å². The smallest absolute Gasteiger partial charge is 0.343 e. The van der Waals surface area contributed by atoms with Gasteiger partial charge in [0, 0.05) is 16.1 Å². The third-order valence-corrected chi connectivity index (χ3v) is 3.71. The van der Waals surface area contributed by atoms with Gasteiger partial charge in [0.15, 0.2) is 0 Å². The Hall–Kier alpha value is -2.21. The molecule has 0 bridgehead atoms. The van der Waals surface area contributed by atoms with Crippen LogP contribution in [0.2, 0.25) is 0 Å². The molecule has 0 radical (unpaired) electrons. The molecule has 22 heavy (non-hydrogen) atoms. The molecule has 0 atom stereocenters. The highest BCUT2D eigenvalue weighted by molar-refractivity contribution is 9.10. The third kappa shape index (κ3) is 3.33. The lowest BCUT2D eigenvalue weighted by atomic mass is 10.1. The van der Waals surface area contributed by atoms with Gasteiger partial charge in [0.1, 0.15) is 5.75 Å². The van der Waals surface area contributed by atoms with Crippen molar-refractivity contribution in [1.82, 2.24) is 0 Å². The lowest BCUT2D eigenvalue weighted by Crippen LogP contribution is -2.11. The molecule has 0 amide bonds. The van der Waals surface area contributed by atoms with E-state index in [9.17, 15) is 14.9 Å². The van der Waals surface area contributed by atoms with Gasteiger partial charge >= 0.3 is 5.97 Å². The first kappa shape index (κ1) is 16.2. The fraction of sp³-hybridized carbons (Fsp3) is 0.188. The number of ether oxygens (including phenoxy) is 1. The van der Waals surface area contributed by atoms with E-state index >= 15 is 0 Å². The van der Waals surface area contributed by atoms with Gasteiger partial charge < -0.3 is 4.74 Å². The zero-order valence-corrected chi connectivity index (χ0v) is 13.9. The van der Waals surface area contributed by atoms with Crippen LogP contribution in [0.3, 0.4) is 0 Å². The summed E-state index contributed by atoms with van der Waals surface area (Å²) in [6, 6.07) is 7.89. The monoisotopic (exact) mass is 363 g/mol. The molecule has 2 aromatic rings. The van der Waals surface area contributed by atoms with E-state index < -0.39 is 10.9 Å². The average Bonchev–Trinajstić information content (AvgIpc) is 2.41. The van der Waals surface area contributed by atoms with E-state index in [1.165, 1.54) is 18.2 Å². The first-order valence-electron chi connectivity index (χ1n) is 6.53. The van der Waals surface area contributed by atoms with Crippen LogP contribution in [-0.2, 0) is 0 Å². The predicted molar refractivity (Wildman–Crippen MR) is 86.4 cm³/mol. The van der Waals surface area contributed by atoms with Crippen LogP contribution in [0, 0.1) is 30.9 Å². The van der Waals surface area contributed by atoms with Crippen molar-refractivity contribution in [1.29, 1.82) is 0 Å². The number of esters is 1. The maximum atomic E-state index is 12.2. The highest BCUT2D eigenvalue weighted by atomic mass is 79.9. The SMILES string of the molecule is Cc1cc(C(=O)Oc2c(C)cc(Br)cc2C)ccc1[N+](=O)[O-]. The number of hydrogen-bond donors (Lipinski definition) is 0. The summed E-state index contributed by atoms with van der Waals surface area (Å²) in [7, 11) is 0. The molecule has 0 fully saturated rings. The van der Waals surface area contributed by atoms with Crippen molar-refractivity contribution in [3.8, 4) is 5.75 Å². The zero-order chi connectivity index (χ0) is 16.4. The number of carbonyl (C=O) groups is 1. The highest BCUT2D eigenvalue weighted by Crippen LogP contribution is 2.28. The molecular weight excluding hydrogens is 350 g/mol. The number of carbonyl (C=O) groups excluding carboxylic acids is 1. The summed E-state index contributed by atoms with van der Waals surface area (Å²) < 4.78 is 6.35. The molecule has 2 aromatic carbocycles. The predicted octanol–water partition coefficient (Wildman–Crippen LogP) is 4.50. The van der Waals surface area contributed by atoms with E-state index in [0.717, 1.165) is 15.6 Å². The van der Waals surface area contributed by atoms with E-state index in [0.29, 0.717) is 11.3 Å². The molecule has 0 saturated carbocycles. The molecule has 0 unspecified atom stereocenters. The standard InChI is InChI=1S/C16H14BrNO4/c1-9-6-12(4-5-14(9)18(20)21)16(19)22-15-10(2)7-13(17)8-11(15)3/h4-8H,1-3H3. The Balaban J connectivity index is 2.30. The molecule has 0 spiro atoms. The summed E-state index contributed by atoms with van der Waals surface area (Å²) in [6.07, 6.45) is 0. The minimum absolute atomic E-state index is 0.0208. The Labute approximate surface area is 136 Å². The summed E-state index contributed by atoms with van der Waals surface area (Å²) in [5.41, 5.74) is 2.35. The Morgan fingerprint density at radius 2 is 1.68 bits per heavy atom. The second-order valence-corrected chi connectivity index (χ2v) is 5.93. The van der Waals surface area contributed by atoms with Gasteiger partial charge in [0.2, 0.25) is 0 Å². The topological polar surface area (TPSA) is 69.4 Å². The molecule has 0 aliphatic rings. The molecule has 0 saturated heterocycles. The molecule has 2 rings (SSSR count). The fourth-order valence-electron chi connectivity index (χ4n) is 2.20. The molecule has 0 heterocycles. The molecule has 0 aliphatic carbocycles. The third-order valence-electron chi connectivity index (χ3n) is 3.25. The number of aryl methyl sites for hydroxylation is 3. The number of hydrogen-bond acceptors (Lipinski definition) is 4. The summed E-state index contributed by atoms with van der Waals surface area (Å²) in [5, 5.41) is 10.8. The summed E-state index contributed by atoms with van der Waals surface area (Å²) in [4.78, 5) is 22.6. The molecule has 0 aromatic heterocycles. The van der Waals surface area contributed by atoms with Crippen molar-refractivity contribution in [2.24, 2.45) is 0 Å². The second-order valence-electron chi connectivity index (χ2n) is 5.02. The van der Waals surface area contributed by atoms with Gasteiger partial charge in [-0.05, 0) is 56.2 Å². The summed E-state index contributed by atoms with van der Waals surface area (Å²) in [6.45, 7) is 5.29. The number of benzene rings is 2. The minimum Gasteiger partial charge on any atom is -0.422 e. The molecule has 0 aliphatic heterocycles. The Kier molecular flexibility index (Phi) is 4.61. The fourth-order valence-corrected chi connectivity index (χ4v) is 2.88. The number of nitro groups is 1. The van der Waals surface area contributed by atoms with Gasteiger partial charge in [0.05, 0.1) is 10.5 Å². The van der Waals surface area contributed by atoms with Gasteiger partial charge in [-0.15, -0.1) is 0 Å². The molecule has 0 N–H and O–H groups in total. The molecular formula is C16H14BrNO4. The van der Waals surface area contributed by atoms with Crippen LogP contribution < -0.4 is 4.74 Å². The molecule has 6 heteroatoms. The van der Waals surface area contributed by atoms with Crippen LogP contribution in [0.15, 0.2) is 34.8 Å². The maximum Gasteiger partial charge on any atom is 0.343 e. The quantitative estimate of drug-likeness (QED) is 0.348. The molecule has 5 nitrogen and oxygen atoms in total. The van der Waals surface area contributed by atoms with Crippen molar-refractivity contribution < 1.29 is 14.5 Å². The van der Waals surface area contributed by atoms with Gasteiger partial charge in [-0.3, -0.25) is 10.1 Å². The Morgan fingerprint density at radius 1 is 1.09 bits per heavy atom. The Bertz CT molecular complexity index is 748. The van der Waals surface area contributed by atoms with E-state index in [2.05, 4.69) is 15.9 Å². The maximum absolute atomic E-state index is 12.2. The van der Waals surface area contributed by atoms with Crippen LogP contribution >= 0.6 is 15.9 Å². The van der Waals surface area contributed by atoms with Gasteiger partial charge in [-0.25, -0.2) is 4.79 Å². The van der Waals surface area contributed by atoms with Crippen LogP contribution in [0.1, 0.15) is 27.0 Å². The van der Waals surface area contributed by atoms with Crippen molar-refractivity contribution in [3.05, 3.63) is 67.2 Å². The van der Waals surface area contributed by atoms with Gasteiger partial charge in [-0.2, -0.15) is 0 Å². The van der Waals surface area contributed by atoms with Gasteiger partial charge in [-0.1, -0.05) is 15.9 Å². The van der Waals surface area contributed by atoms with Crippen LogP contribution in [0.25, 0.3) is 0 Å². The number of rotatable bonds is 3. The first-order chi connectivity index (χ1) is 10.3. The largest absolute Gasteiger partial charge is 0.422 e. The van der Waals surface area contributed by atoms with Crippen LogP contribution in [-0.4, -0.2) is 10.9 Å². The summed E-state index contributed by atoms with van der Waals surface area (Å²) in [5.74, 6) is -0.0317. The zero-order valence-electron chi connectivity index (χ0n) is 12.3. The minimum atomic E-state index is -0.536. The van der Waals surface area contributed by atoms with E-state index in [1.54, 1.807) is 6.92 Å². The number of halogens is 1. The highest BCUT2D eigenvalue weighted by Gasteiger charge is 2.17. The second kappa shape index (κ2) is 6.27. The van der Waals surface area contributed by atoms with Crippen molar-refractivity contribution in [3.63, 3.8) is 0 Å². The normalized spacial score (nSPS) is 10.4. The average molecular weight is 364 g/mol. The van der Waals surface area contributed by atoms with Crippen molar-refractivity contribution >= 4 is 27.6 Å². The van der Waals surface area contributed by atoms with Crippen molar-refractivity contribution in [2.45, 2.75) is 20.8 Å². The van der Waals surface area contributed by atoms with Crippen molar-refractivity contribution in [2.75, 3.05) is 0 Å². The summed E-state index contributed by atoms with van der Waals surface area (Å²) >= 11 is 3.38. The van der Waals surface area contributed by atoms with E-state index in [-0.39, 0.29) is 11.3 Å². The van der Waals surface area contributed by atoms with E-state index in [1.807, 2.05) is 26.0 Å². The first-order valence-corrected chi connectivity index (χ1v) is 7.33. The Morgan fingerprint density at radius 3 is 2.18 bits per heavy atom. The van der Waals surface area contributed by atoms with Crippen LogP contribution in [0.5, 0.6) is 5.75 Å². The molecule has 114 valence electrons. The number of nitrogens with zero attached hydrogens (tertiary/aromatic N) is 1.